The standard InChI is InChI=1S/C24H28N4O2S/c1-15-12-19(17-7-9-20(30-4)10-8-17)13-21(26-15)18-6-5-11-28(14-18)23(29)22-16(2)27-24(25-3)31-22/h7-10,12-13,18H,5-6,11,14H2,1-4H3,(H,25,27)/t18-/m1/s1. The van der Waals surface area contributed by atoms with Crippen LogP contribution in [0.4, 0.5) is 5.13 Å². The second-order valence-electron chi connectivity index (χ2n) is 7.92. The summed E-state index contributed by atoms with van der Waals surface area (Å²) in [5.41, 5.74) is 5.11. The second kappa shape index (κ2) is 9.06. The average molecular weight is 437 g/mol. The van der Waals surface area contributed by atoms with Crippen LogP contribution in [0.3, 0.4) is 0 Å². The van der Waals surface area contributed by atoms with Crippen molar-refractivity contribution in [3.05, 3.63) is 58.4 Å². The summed E-state index contributed by atoms with van der Waals surface area (Å²) in [5, 5.41) is 3.81. The van der Waals surface area contributed by atoms with Crippen LogP contribution in [0.25, 0.3) is 11.1 Å². The Morgan fingerprint density at radius 3 is 2.61 bits per heavy atom. The number of pyridine rings is 1. The number of likely N-dealkylation sites (tertiary alicyclic amines) is 1. The van der Waals surface area contributed by atoms with E-state index in [0.29, 0.717) is 6.54 Å². The molecular formula is C24H28N4O2S. The summed E-state index contributed by atoms with van der Waals surface area (Å²) in [5.74, 6) is 1.15. The minimum Gasteiger partial charge on any atom is -0.497 e. The second-order valence-corrected chi connectivity index (χ2v) is 8.92. The van der Waals surface area contributed by atoms with Gasteiger partial charge in [-0.15, -0.1) is 0 Å². The number of anilines is 1. The van der Waals surface area contributed by atoms with Crippen LogP contribution in [0.5, 0.6) is 5.75 Å². The Morgan fingerprint density at radius 1 is 1.16 bits per heavy atom. The molecule has 1 aliphatic heterocycles. The van der Waals surface area contributed by atoms with E-state index >= 15 is 0 Å². The molecule has 1 atom stereocenters. The first-order valence-electron chi connectivity index (χ1n) is 10.6. The lowest BCUT2D eigenvalue weighted by molar-refractivity contribution is 0.0710. The maximum atomic E-state index is 13.2. The van der Waals surface area contributed by atoms with Crippen molar-refractivity contribution in [3.8, 4) is 16.9 Å². The van der Waals surface area contributed by atoms with Crippen molar-refractivity contribution in [1.29, 1.82) is 0 Å². The molecule has 1 fully saturated rings. The maximum absolute atomic E-state index is 13.2. The number of benzene rings is 1. The third kappa shape index (κ3) is 4.56. The smallest absolute Gasteiger partial charge is 0.265 e. The van der Waals surface area contributed by atoms with Crippen molar-refractivity contribution in [1.82, 2.24) is 14.9 Å². The summed E-state index contributed by atoms with van der Waals surface area (Å²) in [6, 6.07) is 12.4. The van der Waals surface area contributed by atoms with Gasteiger partial charge < -0.3 is 15.0 Å². The van der Waals surface area contributed by atoms with Gasteiger partial charge in [0.05, 0.1) is 12.8 Å². The number of ether oxygens (including phenoxy) is 1. The van der Waals surface area contributed by atoms with E-state index < -0.39 is 0 Å². The summed E-state index contributed by atoms with van der Waals surface area (Å²) >= 11 is 1.42. The van der Waals surface area contributed by atoms with Crippen LogP contribution in [0.15, 0.2) is 36.4 Å². The number of thiazole rings is 1. The van der Waals surface area contributed by atoms with Crippen molar-refractivity contribution in [2.75, 3.05) is 32.6 Å². The number of aryl methyl sites for hydroxylation is 2. The lowest BCUT2D eigenvalue weighted by Crippen LogP contribution is -2.39. The van der Waals surface area contributed by atoms with Crippen LogP contribution in [0.2, 0.25) is 0 Å². The molecule has 1 saturated heterocycles. The average Bonchev–Trinajstić information content (AvgIpc) is 3.19. The molecule has 7 heteroatoms. The highest BCUT2D eigenvalue weighted by atomic mass is 32.1. The monoisotopic (exact) mass is 436 g/mol. The SMILES string of the molecule is CNc1nc(C)c(C(=O)N2CCC[C@@H](c3cc(-c4ccc(OC)cc4)cc(C)n3)C2)s1. The normalized spacial score (nSPS) is 16.3. The summed E-state index contributed by atoms with van der Waals surface area (Å²) in [4.78, 5) is 25.1. The van der Waals surface area contributed by atoms with Crippen molar-refractivity contribution >= 4 is 22.4 Å². The molecule has 31 heavy (non-hydrogen) atoms. The van der Waals surface area contributed by atoms with E-state index in [2.05, 4.69) is 34.6 Å². The van der Waals surface area contributed by atoms with Crippen LogP contribution < -0.4 is 10.1 Å². The number of amides is 1. The summed E-state index contributed by atoms with van der Waals surface area (Å²) < 4.78 is 5.28. The zero-order valence-electron chi connectivity index (χ0n) is 18.4. The molecule has 0 aliphatic carbocycles. The fourth-order valence-electron chi connectivity index (χ4n) is 4.10. The molecule has 4 rings (SSSR count). The van der Waals surface area contributed by atoms with E-state index in [4.69, 9.17) is 9.72 Å². The molecule has 0 spiro atoms. The van der Waals surface area contributed by atoms with Crippen molar-refractivity contribution < 1.29 is 9.53 Å². The zero-order valence-corrected chi connectivity index (χ0v) is 19.3. The van der Waals surface area contributed by atoms with E-state index in [1.165, 1.54) is 11.3 Å². The number of rotatable bonds is 5. The van der Waals surface area contributed by atoms with Gasteiger partial charge in [-0.25, -0.2) is 4.98 Å². The first-order valence-corrected chi connectivity index (χ1v) is 11.4. The van der Waals surface area contributed by atoms with Crippen LogP contribution in [0.1, 0.15) is 45.5 Å². The van der Waals surface area contributed by atoms with Crippen molar-refractivity contribution in [3.63, 3.8) is 0 Å². The van der Waals surface area contributed by atoms with Gasteiger partial charge in [-0.1, -0.05) is 23.5 Å². The topological polar surface area (TPSA) is 67.4 Å². The van der Waals surface area contributed by atoms with Gasteiger partial charge in [-0.3, -0.25) is 9.78 Å². The minimum absolute atomic E-state index is 0.0734. The van der Waals surface area contributed by atoms with Gasteiger partial charge in [-0.2, -0.15) is 0 Å². The molecule has 3 heterocycles. The van der Waals surface area contributed by atoms with Gasteiger partial charge in [-0.05, 0) is 62.1 Å². The first-order chi connectivity index (χ1) is 15.0. The Morgan fingerprint density at radius 2 is 1.94 bits per heavy atom. The summed E-state index contributed by atoms with van der Waals surface area (Å²) in [7, 11) is 3.50. The molecule has 0 saturated carbocycles. The van der Waals surface area contributed by atoms with Gasteiger partial charge in [0.25, 0.3) is 5.91 Å². The zero-order chi connectivity index (χ0) is 22.0. The lowest BCUT2D eigenvalue weighted by Gasteiger charge is -2.32. The fourth-order valence-corrected chi connectivity index (χ4v) is 4.99. The van der Waals surface area contributed by atoms with E-state index in [-0.39, 0.29) is 11.8 Å². The van der Waals surface area contributed by atoms with E-state index in [1.807, 2.05) is 37.9 Å². The number of piperidine rings is 1. The third-order valence-corrected chi connectivity index (χ3v) is 6.89. The summed E-state index contributed by atoms with van der Waals surface area (Å²) in [6.45, 7) is 5.39. The van der Waals surface area contributed by atoms with Crippen LogP contribution >= 0.6 is 11.3 Å². The highest BCUT2D eigenvalue weighted by molar-refractivity contribution is 7.17. The van der Waals surface area contributed by atoms with Gasteiger partial charge in [0.15, 0.2) is 5.13 Å². The van der Waals surface area contributed by atoms with Gasteiger partial charge >= 0.3 is 0 Å². The number of nitrogens with zero attached hydrogens (tertiary/aromatic N) is 3. The van der Waals surface area contributed by atoms with Gasteiger partial charge in [0.1, 0.15) is 10.6 Å². The Labute approximate surface area is 187 Å². The Bertz CT molecular complexity index is 1080. The van der Waals surface area contributed by atoms with Gasteiger partial charge in [0, 0.05) is 37.4 Å². The van der Waals surface area contributed by atoms with Crippen LogP contribution in [-0.2, 0) is 0 Å². The number of nitrogens with one attached hydrogen (secondary N) is 1. The fraction of sp³-hybridized carbons (Fsp3) is 0.375. The molecule has 0 unspecified atom stereocenters. The molecule has 162 valence electrons. The predicted octanol–water partition coefficient (Wildman–Crippen LogP) is 4.89. The maximum Gasteiger partial charge on any atom is 0.265 e. The number of carbonyl (C=O) groups excluding carboxylic acids is 1. The van der Waals surface area contributed by atoms with E-state index in [0.717, 1.165) is 63.4 Å². The van der Waals surface area contributed by atoms with Crippen LogP contribution in [0, 0.1) is 13.8 Å². The number of carbonyl (C=O) groups is 1. The van der Waals surface area contributed by atoms with E-state index in [1.54, 1.807) is 7.11 Å². The van der Waals surface area contributed by atoms with E-state index in [9.17, 15) is 4.79 Å². The molecule has 2 aromatic heterocycles. The molecule has 6 nitrogen and oxygen atoms in total. The minimum atomic E-state index is 0.0734. The highest BCUT2D eigenvalue weighted by Gasteiger charge is 2.29. The molecule has 1 N–H and O–H groups in total. The largest absolute Gasteiger partial charge is 0.497 e. The first kappa shape index (κ1) is 21.3. The Hall–Kier alpha value is -2.93. The Balaban J connectivity index is 1.57. The molecular weight excluding hydrogens is 408 g/mol. The highest BCUT2D eigenvalue weighted by Crippen LogP contribution is 2.32. The number of aromatic nitrogens is 2. The predicted molar refractivity (Wildman–Crippen MR) is 125 cm³/mol. The molecule has 1 amide bonds. The number of hydrogen-bond acceptors (Lipinski definition) is 6. The molecule has 0 bridgehead atoms. The molecule has 1 aromatic carbocycles. The van der Waals surface area contributed by atoms with Crippen molar-refractivity contribution in [2.24, 2.45) is 0 Å². The molecule has 0 radical (unpaired) electrons. The number of methoxy groups -OCH3 is 1. The van der Waals surface area contributed by atoms with Gasteiger partial charge in [0.2, 0.25) is 0 Å². The number of hydrogen-bond donors (Lipinski definition) is 1. The third-order valence-electron chi connectivity index (χ3n) is 5.73. The molecule has 3 aromatic rings. The molecule has 1 aliphatic rings. The quantitative estimate of drug-likeness (QED) is 0.617. The van der Waals surface area contributed by atoms with Crippen molar-refractivity contribution in [2.45, 2.75) is 32.6 Å². The lowest BCUT2D eigenvalue weighted by atomic mass is 9.92. The Kier molecular flexibility index (Phi) is 6.23. The summed E-state index contributed by atoms with van der Waals surface area (Å²) in [6.07, 6.45) is 2.01. The van der Waals surface area contributed by atoms with Crippen LogP contribution in [-0.4, -0.2) is 48.0 Å².